The van der Waals surface area contributed by atoms with Crippen molar-refractivity contribution in [2.45, 2.75) is 57.1 Å². The Balaban J connectivity index is 1.61. The quantitative estimate of drug-likeness (QED) is 0.430. The highest BCUT2D eigenvalue weighted by Crippen LogP contribution is 2.25. The number of aromatic nitrogens is 4. The Morgan fingerprint density at radius 1 is 1.24 bits per heavy atom. The van der Waals surface area contributed by atoms with Crippen LogP contribution in [0.15, 0.2) is 34.2 Å². The number of fused-ring (bicyclic) bond motifs is 3. The summed E-state index contributed by atoms with van der Waals surface area (Å²) in [5.74, 6) is 1.48. The number of hydrogen-bond acceptors (Lipinski definition) is 5. The summed E-state index contributed by atoms with van der Waals surface area (Å²) in [4.78, 5) is 25.2. The largest absolute Gasteiger partial charge is 0.355 e. The molecular weight excluding hydrogens is 386 g/mol. The van der Waals surface area contributed by atoms with Crippen molar-refractivity contribution in [3.05, 3.63) is 34.6 Å². The monoisotopic (exact) mass is 413 g/mol. The maximum absolute atomic E-state index is 13.0. The summed E-state index contributed by atoms with van der Waals surface area (Å²) < 4.78 is 3.62. The van der Waals surface area contributed by atoms with Gasteiger partial charge in [-0.25, -0.2) is 0 Å². The van der Waals surface area contributed by atoms with Gasteiger partial charge in [0, 0.05) is 13.1 Å². The molecule has 8 heteroatoms. The van der Waals surface area contributed by atoms with Gasteiger partial charge in [-0.3, -0.25) is 18.6 Å². The fourth-order valence-corrected chi connectivity index (χ4v) is 4.45. The summed E-state index contributed by atoms with van der Waals surface area (Å²) >= 11 is 1.36. The molecule has 0 atom stereocenters. The summed E-state index contributed by atoms with van der Waals surface area (Å²) in [5, 5.41) is 12.9. The average Bonchev–Trinajstić information content (AvgIpc) is 3.12. The van der Waals surface area contributed by atoms with E-state index in [2.05, 4.69) is 22.4 Å². The number of nitrogens with one attached hydrogen (secondary N) is 1. The molecule has 0 radical (unpaired) electrons. The molecule has 154 valence electrons. The van der Waals surface area contributed by atoms with E-state index in [0.717, 1.165) is 31.3 Å². The number of nitrogens with zero attached hydrogens (tertiary/aromatic N) is 4. The minimum Gasteiger partial charge on any atom is -0.355 e. The van der Waals surface area contributed by atoms with E-state index < -0.39 is 0 Å². The van der Waals surface area contributed by atoms with Gasteiger partial charge in [-0.1, -0.05) is 50.1 Å². The molecule has 1 fully saturated rings. The molecule has 4 rings (SSSR count). The number of carbonyl (C=O) groups excluding carboxylic acids is 1. The third kappa shape index (κ3) is 4.17. The Labute approximate surface area is 173 Å². The van der Waals surface area contributed by atoms with Crippen LogP contribution in [-0.2, 0) is 11.3 Å². The van der Waals surface area contributed by atoms with E-state index in [1.54, 1.807) is 4.57 Å². The second-order valence-electron chi connectivity index (χ2n) is 7.69. The summed E-state index contributed by atoms with van der Waals surface area (Å²) in [5.41, 5.74) is 0.744. The summed E-state index contributed by atoms with van der Waals surface area (Å²) in [7, 11) is 0. The van der Waals surface area contributed by atoms with E-state index in [4.69, 9.17) is 0 Å². The second kappa shape index (κ2) is 8.98. The first-order valence-corrected chi connectivity index (χ1v) is 11.4. The number of rotatable bonds is 9. The van der Waals surface area contributed by atoms with E-state index in [1.165, 1.54) is 31.0 Å². The Hall–Kier alpha value is -2.35. The maximum atomic E-state index is 13.0. The lowest BCUT2D eigenvalue weighted by atomic mass is 9.85. The van der Waals surface area contributed by atoms with Crippen molar-refractivity contribution in [2.75, 3.05) is 12.3 Å². The van der Waals surface area contributed by atoms with Crippen molar-refractivity contribution in [1.82, 2.24) is 24.5 Å². The SMILES string of the molecule is CCCCCn1c(=O)c2ccccc2n2c(SCC(=O)NCC3CCC3)nnc12. The van der Waals surface area contributed by atoms with Crippen molar-refractivity contribution < 1.29 is 4.79 Å². The molecule has 1 aromatic carbocycles. The average molecular weight is 414 g/mol. The maximum Gasteiger partial charge on any atom is 0.262 e. The fraction of sp³-hybridized carbons (Fsp3) is 0.524. The van der Waals surface area contributed by atoms with Crippen LogP contribution in [-0.4, -0.2) is 37.4 Å². The highest BCUT2D eigenvalue weighted by molar-refractivity contribution is 7.99. The standard InChI is InChI=1S/C21H27N5O2S/c1-2-3-6-12-25-19(28)16-10-4-5-11-17(16)26-20(25)23-24-21(26)29-14-18(27)22-13-15-8-7-9-15/h4-5,10-11,15H,2-3,6-9,12-14H2,1H3,(H,22,27). The third-order valence-corrected chi connectivity index (χ3v) is 6.54. The van der Waals surface area contributed by atoms with Gasteiger partial charge in [-0.15, -0.1) is 10.2 Å². The fourth-order valence-electron chi connectivity index (χ4n) is 3.68. The first-order valence-electron chi connectivity index (χ1n) is 10.4. The summed E-state index contributed by atoms with van der Waals surface area (Å²) in [6, 6.07) is 7.52. The zero-order valence-corrected chi connectivity index (χ0v) is 17.6. The zero-order valence-electron chi connectivity index (χ0n) is 16.8. The van der Waals surface area contributed by atoms with Gasteiger partial charge in [0.05, 0.1) is 16.7 Å². The molecule has 29 heavy (non-hydrogen) atoms. The van der Waals surface area contributed by atoms with E-state index in [9.17, 15) is 9.59 Å². The van der Waals surface area contributed by atoms with Gasteiger partial charge in [0.2, 0.25) is 11.7 Å². The molecule has 1 aliphatic carbocycles. The molecule has 1 amide bonds. The third-order valence-electron chi connectivity index (χ3n) is 5.61. The van der Waals surface area contributed by atoms with E-state index >= 15 is 0 Å². The second-order valence-corrected chi connectivity index (χ2v) is 8.63. The lowest BCUT2D eigenvalue weighted by molar-refractivity contribution is -0.118. The number of thioether (sulfide) groups is 1. The van der Waals surface area contributed by atoms with Crippen LogP contribution in [0.4, 0.5) is 0 Å². The topological polar surface area (TPSA) is 81.3 Å². The van der Waals surface area contributed by atoms with Gasteiger partial charge >= 0.3 is 0 Å². The number of amides is 1. The smallest absolute Gasteiger partial charge is 0.262 e. The van der Waals surface area contributed by atoms with E-state index in [-0.39, 0.29) is 17.2 Å². The van der Waals surface area contributed by atoms with Crippen molar-refractivity contribution in [3.8, 4) is 0 Å². The number of carbonyl (C=O) groups is 1. The van der Waals surface area contributed by atoms with Crippen LogP contribution in [0.1, 0.15) is 45.4 Å². The molecule has 0 bridgehead atoms. The molecule has 3 aromatic rings. The molecule has 0 saturated heterocycles. The normalized spacial score (nSPS) is 14.4. The Kier molecular flexibility index (Phi) is 6.18. The van der Waals surface area contributed by atoms with Crippen LogP contribution in [0.3, 0.4) is 0 Å². The highest BCUT2D eigenvalue weighted by atomic mass is 32.2. The molecule has 1 N–H and O–H groups in total. The molecule has 0 spiro atoms. The number of aryl methyl sites for hydroxylation is 1. The van der Waals surface area contributed by atoms with Gasteiger partial charge in [0.15, 0.2) is 5.16 Å². The number of unbranched alkanes of at least 4 members (excludes halogenated alkanes) is 2. The summed E-state index contributed by atoms with van der Waals surface area (Å²) in [6.45, 7) is 3.52. The minimum atomic E-state index is -0.0357. The molecule has 1 aliphatic rings. The number of benzene rings is 1. The van der Waals surface area contributed by atoms with Crippen molar-refractivity contribution in [2.24, 2.45) is 5.92 Å². The lowest BCUT2D eigenvalue weighted by Gasteiger charge is -2.25. The molecule has 2 aromatic heterocycles. The Bertz CT molecular complexity index is 1070. The van der Waals surface area contributed by atoms with Crippen LogP contribution >= 0.6 is 11.8 Å². The molecule has 1 saturated carbocycles. The highest BCUT2D eigenvalue weighted by Gasteiger charge is 2.19. The first kappa shape index (κ1) is 19.9. The predicted molar refractivity (Wildman–Crippen MR) is 115 cm³/mol. The van der Waals surface area contributed by atoms with Crippen molar-refractivity contribution in [3.63, 3.8) is 0 Å². The number of hydrogen-bond donors (Lipinski definition) is 1. The predicted octanol–water partition coefficient (Wildman–Crippen LogP) is 3.24. The minimum absolute atomic E-state index is 0.0132. The van der Waals surface area contributed by atoms with Gasteiger partial charge in [-0.2, -0.15) is 0 Å². The number of para-hydroxylation sites is 1. The van der Waals surface area contributed by atoms with Crippen LogP contribution in [0, 0.1) is 5.92 Å². The van der Waals surface area contributed by atoms with E-state index in [1.807, 2.05) is 28.7 Å². The van der Waals surface area contributed by atoms with Crippen LogP contribution < -0.4 is 10.9 Å². The summed E-state index contributed by atoms with van der Waals surface area (Å²) in [6.07, 6.45) is 6.76. The van der Waals surface area contributed by atoms with Gasteiger partial charge in [0.1, 0.15) is 0 Å². The molecule has 0 unspecified atom stereocenters. The molecule has 0 aliphatic heterocycles. The van der Waals surface area contributed by atoms with Crippen molar-refractivity contribution >= 4 is 34.3 Å². The van der Waals surface area contributed by atoms with Gasteiger partial charge in [0.25, 0.3) is 5.56 Å². The molecule has 2 heterocycles. The van der Waals surface area contributed by atoms with Gasteiger partial charge < -0.3 is 5.32 Å². The molecular formula is C21H27N5O2S. The Morgan fingerprint density at radius 2 is 2.07 bits per heavy atom. The van der Waals surface area contributed by atoms with Crippen LogP contribution in [0.25, 0.3) is 16.7 Å². The Morgan fingerprint density at radius 3 is 2.83 bits per heavy atom. The van der Waals surface area contributed by atoms with Crippen LogP contribution in [0.2, 0.25) is 0 Å². The van der Waals surface area contributed by atoms with Crippen LogP contribution in [0.5, 0.6) is 0 Å². The van der Waals surface area contributed by atoms with Crippen molar-refractivity contribution in [1.29, 1.82) is 0 Å². The first-order chi connectivity index (χ1) is 14.2. The van der Waals surface area contributed by atoms with Gasteiger partial charge in [-0.05, 0) is 37.3 Å². The lowest BCUT2D eigenvalue weighted by Crippen LogP contribution is -2.33. The van der Waals surface area contributed by atoms with E-state index in [0.29, 0.717) is 28.8 Å². The molecule has 7 nitrogen and oxygen atoms in total. The zero-order chi connectivity index (χ0) is 20.2.